The van der Waals surface area contributed by atoms with Gasteiger partial charge in [0.2, 0.25) is 0 Å². The molecule has 0 saturated carbocycles. The van der Waals surface area contributed by atoms with Crippen LogP contribution in [0.1, 0.15) is 28.5 Å². The minimum atomic E-state index is 0.159. The fourth-order valence-electron chi connectivity index (χ4n) is 9.53. The van der Waals surface area contributed by atoms with Crippen molar-refractivity contribution in [3.63, 3.8) is 0 Å². The molecule has 1 nitrogen and oxygen atoms in total. The van der Waals surface area contributed by atoms with Gasteiger partial charge in [-0.2, -0.15) is 0 Å². The zero-order chi connectivity index (χ0) is 34.6. The zero-order valence-electron chi connectivity index (χ0n) is 28.8. The van der Waals surface area contributed by atoms with E-state index < -0.39 is 0 Å². The fraction of sp³-hybridized carbons (Fsp3) is 0.0800. The summed E-state index contributed by atoms with van der Waals surface area (Å²) in [4.78, 5) is 4.07. The lowest BCUT2D eigenvalue weighted by molar-refractivity contribution is 0.748. The van der Waals surface area contributed by atoms with E-state index in [2.05, 4.69) is 181 Å². The molecular weight excluding hydrogens is 679 g/mol. The van der Waals surface area contributed by atoms with Crippen LogP contribution in [0.3, 0.4) is 0 Å². The summed E-state index contributed by atoms with van der Waals surface area (Å²) in [6.07, 6.45) is 16.7. The van der Waals surface area contributed by atoms with E-state index in [0.29, 0.717) is 11.2 Å². The summed E-state index contributed by atoms with van der Waals surface area (Å²) in [6, 6.07) is 50.3. The highest BCUT2D eigenvalue weighted by atomic mass is 32.2. The summed E-state index contributed by atoms with van der Waals surface area (Å²) in [6.45, 7) is 0. The number of nitrogens with zero attached hydrogens (tertiary/aromatic N) is 1. The summed E-state index contributed by atoms with van der Waals surface area (Å²) >= 11 is 3.94. The molecule has 8 aromatic rings. The first kappa shape index (κ1) is 29.9. The van der Waals surface area contributed by atoms with Gasteiger partial charge in [0.05, 0.1) is 11.7 Å². The molecule has 12 rings (SSSR count). The molecule has 4 unspecified atom stereocenters. The quantitative estimate of drug-likeness (QED) is 0.168. The molecular formula is C50H33NS2. The van der Waals surface area contributed by atoms with Crippen LogP contribution in [0.15, 0.2) is 181 Å². The number of hydrogen-bond donors (Lipinski definition) is 0. The number of allylic oxidation sites excluding steroid dienone is 5. The Kier molecular flexibility index (Phi) is 6.46. The van der Waals surface area contributed by atoms with Gasteiger partial charge in [0.25, 0.3) is 0 Å². The molecule has 7 aromatic carbocycles. The topological polar surface area (TPSA) is 3.24 Å². The van der Waals surface area contributed by atoms with Crippen molar-refractivity contribution in [2.75, 3.05) is 4.90 Å². The predicted molar refractivity (Wildman–Crippen MR) is 229 cm³/mol. The number of thiophene rings is 1. The Hall–Kier alpha value is -5.61. The second-order valence-electron chi connectivity index (χ2n) is 14.7. The summed E-state index contributed by atoms with van der Waals surface area (Å²) in [5.41, 5.74) is 10.7. The van der Waals surface area contributed by atoms with Gasteiger partial charge < -0.3 is 4.90 Å². The van der Waals surface area contributed by atoms with E-state index in [1.165, 1.54) is 91.4 Å². The van der Waals surface area contributed by atoms with Gasteiger partial charge in [-0.25, -0.2) is 0 Å². The van der Waals surface area contributed by atoms with E-state index in [1.54, 1.807) is 0 Å². The number of rotatable bonds is 3. The maximum atomic E-state index is 2.64. The van der Waals surface area contributed by atoms with E-state index >= 15 is 0 Å². The Bertz CT molecular complexity index is 2980. The Morgan fingerprint density at radius 3 is 2.25 bits per heavy atom. The molecule has 0 radical (unpaired) electrons. The monoisotopic (exact) mass is 711 g/mol. The van der Waals surface area contributed by atoms with Gasteiger partial charge in [-0.15, -0.1) is 23.1 Å². The molecule has 0 N–H and O–H groups in total. The molecule has 3 heteroatoms. The van der Waals surface area contributed by atoms with Crippen LogP contribution in [0.5, 0.6) is 0 Å². The molecule has 2 aliphatic carbocycles. The van der Waals surface area contributed by atoms with E-state index in [-0.39, 0.29) is 12.0 Å². The third-order valence-corrected chi connectivity index (χ3v) is 14.6. The Morgan fingerprint density at radius 1 is 0.528 bits per heavy atom. The van der Waals surface area contributed by atoms with Crippen molar-refractivity contribution in [2.45, 2.75) is 28.0 Å². The first-order valence-electron chi connectivity index (χ1n) is 18.6. The predicted octanol–water partition coefficient (Wildman–Crippen LogP) is 14.0. The molecule has 0 spiro atoms. The van der Waals surface area contributed by atoms with E-state index in [1.807, 2.05) is 23.1 Å². The van der Waals surface area contributed by atoms with Gasteiger partial charge in [0.1, 0.15) is 0 Å². The SMILES string of the molecule is C1=CC2Sc3c(C4=CC5c6cc(-c7cccc8c7sc7ccccc78)ccc6N(c6cc7ccccc7c7ccccc67)C5C=C4)cccc3C2C=C1. The second kappa shape index (κ2) is 11.4. The largest absolute Gasteiger partial charge is 0.333 e. The van der Waals surface area contributed by atoms with Gasteiger partial charge in [-0.1, -0.05) is 152 Å². The molecule has 0 saturated heterocycles. The summed E-state index contributed by atoms with van der Waals surface area (Å²) in [7, 11) is 0. The van der Waals surface area contributed by atoms with Gasteiger partial charge in [-0.3, -0.25) is 0 Å². The Morgan fingerprint density at radius 2 is 1.30 bits per heavy atom. The smallest absolute Gasteiger partial charge is 0.0630 e. The molecule has 250 valence electrons. The lowest BCUT2D eigenvalue weighted by Crippen LogP contribution is -2.29. The third-order valence-electron chi connectivity index (χ3n) is 11.9. The Labute approximate surface area is 316 Å². The molecule has 53 heavy (non-hydrogen) atoms. The molecule has 0 fully saturated rings. The van der Waals surface area contributed by atoms with Crippen LogP contribution >= 0.6 is 23.1 Å². The normalized spacial score (nSPS) is 21.0. The second-order valence-corrected chi connectivity index (χ2v) is 16.9. The first-order valence-corrected chi connectivity index (χ1v) is 20.3. The highest BCUT2D eigenvalue weighted by molar-refractivity contribution is 8.00. The van der Waals surface area contributed by atoms with Crippen molar-refractivity contribution in [3.8, 4) is 11.1 Å². The molecule has 4 aliphatic rings. The molecule has 4 atom stereocenters. The van der Waals surface area contributed by atoms with Crippen LogP contribution < -0.4 is 4.90 Å². The summed E-state index contributed by atoms with van der Waals surface area (Å²) in [5, 5.41) is 8.33. The highest BCUT2D eigenvalue weighted by Crippen LogP contribution is 2.55. The van der Waals surface area contributed by atoms with Crippen LogP contribution in [0, 0.1) is 0 Å². The fourth-order valence-corrected chi connectivity index (χ4v) is 12.2. The minimum absolute atomic E-state index is 0.159. The van der Waals surface area contributed by atoms with Crippen LogP contribution in [-0.2, 0) is 0 Å². The van der Waals surface area contributed by atoms with Gasteiger partial charge in [-0.05, 0) is 73.8 Å². The van der Waals surface area contributed by atoms with Crippen molar-refractivity contribution < 1.29 is 0 Å². The maximum absolute atomic E-state index is 2.64. The zero-order valence-corrected chi connectivity index (χ0v) is 30.4. The number of fused-ring (bicyclic) bond motifs is 12. The number of benzene rings is 7. The minimum Gasteiger partial charge on any atom is -0.333 e. The Balaban J connectivity index is 1.06. The van der Waals surface area contributed by atoms with Gasteiger partial charge >= 0.3 is 0 Å². The van der Waals surface area contributed by atoms with Gasteiger partial charge in [0.15, 0.2) is 0 Å². The third kappa shape index (κ3) is 4.38. The number of thioether (sulfide) groups is 1. The van der Waals surface area contributed by atoms with Crippen LogP contribution in [0.25, 0.3) is 58.4 Å². The average molecular weight is 712 g/mol. The maximum Gasteiger partial charge on any atom is 0.0630 e. The molecule has 1 aromatic heterocycles. The number of anilines is 2. The van der Waals surface area contributed by atoms with Crippen LogP contribution in [0.4, 0.5) is 11.4 Å². The molecule has 0 bridgehead atoms. The lowest BCUT2D eigenvalue weighted by Gasteiger charge is -2.31. The van der Waals surface area contributed by atoms with Crippen LogP contribution in [0.2, 0.25) is 0 Å². The van der Waals surface area contributed by atoms with Crippen molar-refractivity contribution in [1.82, 2.24) is 0 Å². The van der Waals surface area contributed by atoms with Crippen molar-refractivity contribution in [2.24, 2.45) is 0 Å². The van der Waals surface area contributed by atoms with E-state index in [4.69, 9.17) is 0 Å². The highest BCUT2D eigenvalue weighted by Gasteiger charge is 2.40. The summed E-state index contributed by atoms with van der Waals surface area (Å²) < 4.78 is 2.70. The van der Waals surface area contributed by atoms with E-state index in [9.17, 15) is 0 Å². The lowest BCUT2D eigenvalue weighted by atomic mass is 9.84. The average Bonchev–Trinajstić information content (AvgIpc) is 3.90. The number of hydrogen-bond acceptors (Lipinski definition) is 3. The first-order chi connectivity index (χ1) is 26.3. The summed E-state index contributed by atoms with van der Waals surface area (Å²) in [5.74, 6) is 0.644. The van der Waals surface area contributed by atoms with Gasteiger partial charge in [0, 0.05) is 53.2 Å². The molecule has 2 aliphatic heterocycles. The van der Waals surface area contributed by atoms with Crippen molar-refractivity contribution in [3.05, 3.63) is 193 Å². The van der Waals surface area contributed by atoms with E-state index in [0.717, 1.165) is 0 Å². The standard InChI is InChI=1S/C50H33NS2/c1-2-12-33-30(11-1)29-46(37-14-4-3-13-36(33)37)51-44-25-23-31(34-17-9-19-40-38-15-5-7-21-47(38)52-49(34)40)27-42(44)43-28-32(24-26-45(43)51)35-18-10-20-41-39-16-6-8-22-48(39)53-50(35)41/h1-29,38,42,44,47H. The molecule has 0 amide bonds. The molecule has 3 heterocycles. The van der Waals surface area contributed by atoms with Crippen molar-refractivity contribution >= 4 is 81.8 Å². The van der Waals surface area contributed by atoms with Crippen LogP contribution in [-0.4, -0.2) is 11.3 Å². The van der Waals surface area contributed by atoms with Crippen molar-refractivity contribution in [1.29, 1.82) is 0 Å².